The zero-order valence-corrected chi connectivity index (χ0v) is 11.9. The van der Waals surface area contributed by atoms with Crippen LogP contribution in [0.3, 0.4) is 0 Å². The zero-order valence-electron chi connectivity index (χ0n) is 11.9. The minimum atomic E-state index is -0.148. The second-order valence-electron chi connectivity index (χ2n) is 5.12. The summed E-state index contributed by atoms with van der Waals surface area (Å²) in [6.07, 6.45) is 5.13. The molecule has 0 heterocycles. The van der Waals surface area contributed by atoms with Gasteiger partial charge < -0.3 is 5.32 Å². The van der Waals surface area contributed by atoms with E-state index in [0.717, 1.165) is 24.6 Å². The van der Waals surface area contributed by atoms with Crippen molar-refractivity contribution in [1.29, 1.82) is 0 Å². The van der Waals surface area contributed by atoms with Gasteiger partial charge in [-0.2, -0.15) is 0 Å². The molecule has 18 heavy (non-hydrogen) atoms. The second kappa shape index (κ2) is 8.25. The van der Waals surface area contributed by atoms with E-state index in [1.54, 1.807) is 12.1 Å². The van der Waals surface area contributed by atoms with Gasteiger partial charge in [0.2, 0.25) is 0 Å². The third-order valence-corrected chi connectivity index (χ3v) is 3.60. The fraction of sp³-hybridized carbons (Fsp3) is 0.625. The van der Waals surface area contributed by atoms with Crippen molar-refractivity contribution >= 4 is 0 Å². The molecule has 1 nitrogen and oxygen atoms in total. The molecule has 2 heteroatoms. The van der Waals surface area contributed by atoms with Crippen molar-refractivity contribution in [2.24, 2.45) is 5.92 Å². The Hall–Kier alpha value is -0.890. The van der Waals surface area contributed by atoms with Crippen LogP contribution in [-0.4, -0.2) is 6.54 Å². The van der Waals surface area contributed by atoms with Gasteiger partial charge in [-0.25, -0.2) is 4.39 Å². The number of halogens is 1. The van der Waals surface area contributed by atoms with Crippen LogP contribution in [0, 0.1) is 18.7 Å². The second-order valence-corrected chi connectivity index (χ2v) is 5.12. The average molecular weight is 251 g/mol. The molecule has 1 rings (SSSR count). The van der Waals surface area contributed by atoms with Crippen LogP contribution in [-0.2, 0) is 6.54 Å². The van der Waals surface area contributed by atoms with E-state index in [1.807, 2.05) is 13.0 Å². The maximum Gasteiger partial charge on any atom is 0.123 e. The predicted molar refractivity (Wildman–Crippen MR) is 76.1 cm³/mol. The highest BCUT2D eigenvalue weighted by Gasteiger charge is 2.06. The summed E-state index contributed by atoms with van der Waals surface area (Å²) in [7, 11) is 0. The standard InChI is InChI=1S/C16H26FN/c1-4-6-7-14(5-2)11-18-12-15-8-9-16(17)10-13(15)3/h8-10,14,18H,4-7,11-12H2,1-3H3. The first-order valence-corrected chi connectivity index (χ1v) is 7.13. The molecular formula is C16H26FN. The summed E-state index contributed by atoms with van der Waals surface area (Å²) in [5.74, 6) is 0.622. The van der Waals surface area contributed by atoms with Gasteiger partial charge in [-0.05, 0) is 49.1 Å². The molecule has 1 aromatic carbocycles. The molecule has 0 amide bonds. The van der Waals surface area contributed by atoms with E-state index in [4.69, 9.17) is 0 Å². The molecule has 0 saturated heterocycles. The van der Waals surface area contributed by atoms with Crippen LogP contribution < -0.4 is 5.32 Å². The van der Waals surface area contributed by atoms with Gasteiger partial charge >= 0.3 is 0 Å². The number of nitrogens with one attached hydrogen (secondary N) is 1. The molecule has 0 aromatic heterocycles. The average Bonchev–Trinajstić information content (AvgIpc) is 2.36. The number of hydrogen-bond acceptors (Lipinski definition) is 1. The molecule has 0 spiro atoms. The van der Waals surface area contributed by atoms with Gasteiger partial charge in [0.15, 0.2) is 0 Å². The minimum Gasteiger partial charge on any atom is -0.312 e. The van der Waals surface area contributed by atoms with Crippen LogP contribution in [0.5, 0.6) is 0 Å². The van der Waals surface area contributed by atoms with Gasteiger partial charge in [0.1, 0.15) is 5.82 Å². The lowest BCUT2D eigenvalue weighted by Gasteiger charge is -2.16. The third kappa shape index (κ3) is 5.18. The summed E-state index contributed by atoms with van der Waals surface area (Å²) in [5.41, 5.74) is 2.23. The van der Waals surface area contributed by atoms with Gasteiger partial charge in [-0.15, -0.1) is 0 Å². The first-order chi connectivity index (χ1) is 8.67. The van der Waals surface area contributed by atoms with Crippen molar-refractivity contribution in [2.75, 3.05) is 6.54 Å². The lowest BCUT2D eigenvalue weighted by Crippen LogP contribution is -2.22. The molecule has 0 fully saturated rings. The van der Waals surface area contributed by atoms with Crippen molar-refractivity contribution in [3.8, 4) is 0 Å². The maximum atomic E-state index is 13.0. The Morgan fingerprint density at radius 3 is 2.67 bits per heavy atom. The third-order valence-electron chi connectivity index (χ3n) is 3.60. The Morgan fingerprint density at radius 2 is 2.06 bits per heavy atom. The van der Waals surface area contributed by atoms with Crippen molar-refractivity contribution in [1.82, 2.24) is 5.32 Å². The van der Waals surface area contributed by atoms with Gasteiger partial charge in [0.05, 0.1) is 0 Å². The summed E-state index contributed by atoms with van der Waals surface area (Å²) < 4.78 is 13.0. The summed E-state index contributed by atoms with van der Waals surface area (Å²) >= 11 is 0. The molecule has 0 saturated carbocycles. The molecule has 0 radical (unpaired) electrons. The predicted octanol–water partition coefficient (Wildman–Crippen LogP) is 4.44. The normalized spacial score (nSPS) is 12.7. The van der Waals surface area contributed by atoms with E-state index >= 15 is 0 Å². The van der Waals surface area contributed by atoms with E-state index in [1.165, 1.54) is 31.2 Å². The zero-order chi connectivity index (χ0) is 13.4. The smallest absolute Gasteiger partial charge is 0.123 e. The number of benzene rings is 1. The monoisotopic (exact) mass is 251 g/mol. The SMILES string of the molecule is CCCCC(CC)CNCc1ccc(F)cc1C. The highest BCUT2D eigenvalue weighted by molar-refractivity contribution is 5.26. The Balaban J connectivity index is 2.35. The highest BCUT2D eigenvalue weighted by Crippen LogP contribution is 2.13. The topological polar surface area (TPSA) is 12.0 Å². The van der Waals surface area contributed by atoms with Gasteiger partial charge in [-0.3, -0.25) is 0 Å². The van der Waals surface area contributed by atoms with E-state index in [0.29, 0.717) is 0 Å². The first kappa shape index (κ1) is 15.2. The van der Waals surface area contributed by atoms with Gasteiger partial charge in [0.25, 0.3) is 0 Å². The van der Waals surface area contributed by atoms with E-state index in [-0.39, 0.29) is 5.82 Å². The molecule has 0 aliphatic heterocycles. The fourth-order valence-electron chi connectivity index (χ4n) is 2.21. The molecule has 0 aliphatic carbocycles. The maximum absolute atomic E-state index is 13.0. The number of rotatable bonds is 8. The molecular weight excluding hydrogens is 225 g/mol. The van der Waals surface area contributed by atoms with Crippen LogP contribution >= 0.6 is 0 Å². The van der Waals surface area contributed by atoms with E-state index < -0.39 is 0 Å². The summed E-state index contributed by atoms with van der Waals surface area (Å²) in [4.78, 5) is 0. The van der Waals surface area contributed by atoms with E-state index in [2.05, 4.69) is 19.2 Å². The van der Waals surface area contributed by atoms with Gasteiger partial charge in [-0.1, -0.05) is 39.2 Å². The number of aryl methyl sites for hydroxylation is 1. The minimum absolute atomic E-state index is 0.148. The number of hydrogen-bond donors (Lipinski definition) is 1. The van der Waals surface area contributed by atoms with Crippen molar-refractivity contribution < 1.29 is 4.39 Å². The largest absolute Gasteiger partial charge is 0.312 e. The van der Waals surface area contributed by atoms with Crippen LogP contribution in [0.1, 0.15) is 50.7 Å². The molecule has 0 bridgehead atoms. The van der Waals surface area contributed by atoms with Crippen molar-refractivity contribution in [2.45, 2.75) is 53.0 Å². The van der Waals surface area contributed by atoms with Gasteiger partial charge in [0, 0.05) is 6.54 Å². The Labute approximate surface area is 111 Å². The summed E-state index contributed by atoms with van der Waals surface area (Å²) in [5, 5.41) is 3.50. The van der Waals surface area contributed by atoms with Crippen molar-refractivity contribution in [3.05, 3.63) is 35.1 Å². The molecule has 1 atom stereocenters. The molecule has 102 valence electrons. The van der Waals surface area contributed by atoms with E-state index in [9.17, 15) is 4.39 Å². The van der Waals surface area contributed by atoms with Crippen LogP contribution in [0.4, 0.5) is 4.39 Å². The lowest BCUT2D eigenvalue weighted by atomic mass is 9.99. The fourth-order valence-corrected chi connectivity index (χ4v) is 2.21. The quantitative estimate of drug-likeness (QED) is 0.720. The van der Waals surface area contributed by atoms with Crippen LogP contribution in [0.2, 0.25) is 0 Å². The Bertz CT molecular complexity index is 349. The molecule has 1 aromatic rings. The molecule has 0 aliphatic rings. The van der Waals surface area contributed by atoms with Crippen LogP contribution in [0.25, 0.3) is 0 Å². The number of unbranched alkanes of at least 4 members (excludes halogenated alkanes) is 1. The molecule has 1 unspecified atom stereocenters. The Kier molecular flexibility index (Phi) is 6.96. The van der Waals surface area contributed by atoms with Crippen LogP contribution in [0.15, 0.2) is 18.2 Å². The summed E-state index contributed by atoms with van der Waals surface area (Å²) in [6.45, 7) is 8.36. The Morgan fingerprint density at radius 1 is 1.28 bits per heavy atom. The first-order valence-electron chi connectivity index (χ1n) is 7.13. The lowest BCUT2D eigenvalue weighted by molar-refractivity contribution is 0.419. The highest BCUT2D eigenvalue weighted by atomic mass is 19.1. The summed E-state index contributed by atoms with van der Waals surface area (Å²) in [6, 6.07) is 5.02. The molecule has 1 N–H and O–H groups in total. The van der Waals surface area contributed by atoms with Crippen molar-refractivity contribution in [3.63, 3.8) is 0 Å².